The number of nitrogens with zero attached hydrogens (tertiary/aromatic N) is 1. The molecule has 0 saturated carbocycles. The number of halogens is 2. The second-order valence-corrected chi connectivity index (χ2v) is 4.28. The normalized spacial score (nSPS) is 19.6. The minimum Gasteiger partial charge on any atom is -0.392 e. The number of carbonyl (C=O) groups is 2. The Morgan fingerprint density at radius 3 is 2.47 bits per heavy atom. The highest BCUT2D eigenvalue weighted by Gasteiger charge is 2.33. The van der Waals surface area contributed by atoms with E-state index in [4.69, 9.17) is 5.11 Å². The highest BCUT2D eigenvalue weighted by Crippen LogP contribution is 2.27. The van der Waals surface area contributed by atoms with Crippen LogP contribution in [0.2, 0.25) is 0 Å². The minimum absolute atomic E-state index is 0.0826. The fraction of sp³-hybridized carbons (Fsp3) is 0.333. The zero-order valence-corrected chi connectivity index (χ0v) is 10.1. The lowest BCUT2D eigenvalue weighted by atomic mass is 10.1. The second kappa shape index (κ2) is 4.93. The molecule has 1 aliphatic rings. The van der Waals surface area contributed by atoms with Gasteiger partial charge in [-0.25, -0.2) is 8.78 Å². The molecule has 1 atom stereocenters. The van der Waals surface area contributed by atoms with Gasteiger partial charge in [0.1, 0.15) is 23.4 Å². The molecule has 0 aromatic heterocycles. The summed E-state index contributed by atoms with van der Waals surface area (Å²) in [6, 6.07) is 1.09. The highest BCUT2D eigenvalue weighted by atomic mass is 19.1. The fourth-order valence-electron chi connectivity index (χ4n) is 1.97. The van der Waals surface area contributed by atoms with Crippen LogP contribution in [0.25, 0.3) is 0 Å². The maximum Gasteiger partial charge on any atom is 0.249 e. The quantitative estimate of drug-likeness (QED) is 0.759. The topological polar surface area (TPSA) is 69.6 Å². The molecule has 19 heavy (non-hydrogen) atoms. The van der Waals surface area contributed by atoms with Crippen molar-refractivity contribution in [2.24, 2.45) is 0 Å². The molecule has 102 valence electrons. The van der Waals surface area contributed by atoms with E-state index in [1.807, 2.05) is 0 Å². The van der Waals surface area contributed by atoms with Crippen molar-refractivity contribution in [1.82, 2.24) is 5.32 Å². The van der Waals surface area contributed by atoms with Gasteiger partial charge in [-0.2, -0.15) is 0 Å². The fourth-order valence-corrected chi connectivity index (χ4v) is 1.97. The first kappa shape index (κ1) is 13.4. The molecular weight excluding hydrogens is 258 g/mol. The maximum absolute atomic E-state index is 13.9. The SMILES string of the molecule is CC1C(=O)NC(=O)CN1c1c(F)cc(CO)cc1F. The number of carbonyl (C=O) groups excluding carboxylic acids is 2. The van der Waals surface area contributed by atoms with Gasteiger partial charge < -0.3 is 10.0 Å². The number of rotatable bonds is 2. The summed E-state index contributed by atoms with van der Waals surface area (Å²) in [7, 11) is 0. The molecule has 1 fully saturated rings. The molecule has 0 aliphatic carbocycles. The van der Waals surface area contributed by atoms with Crippen LogP contribution in [-0.2, 0) is 16.2 Å². The van der Waals surface area contributed by atoms with Crippen LogP contribution in [0, 0.1) is 11.6 Å². The van der Waals surface area contributed by atoms with Crippen molar-refractivity contribution in [3.63, 3.8) is 0 Å². The highest BCUT2D eigenvalue weighted by molar-refractivity contribution is 6.04. The second-order valence-electron chi connectivity index (χ2n) is 4.28. The first-order valence-corrected chi connectivity index (χ1v) is 5.63. The van der Waals surface area contributed by atoms with Crippen LogP contribution in [-0.4, -0.2) is 29.5 Å². The van der Waals surface area contributed by atoms with Gasteiger partial charge in [-0.3, -0.25) is 14.9 Å². The first-order chi connectivity index (χ1) is 8.93. The smallest absolute Gasteiger partial charge is 0.249 e. The number of nitrogens with one attached hydrogen (secondary N) is 1. The van der Waals surface area contributed by atoms with E-state index >= 15 is 0 Å². The van der Waals surface area contributed by atoms with Crippen molar-refractivity contribution in [2.75, 3.05) is 11.4 Å². The third-order valence-electron chi connectivity index (χ3n) is 2.97. The van der Waals surface area contributed by atoms with Crippen molar-refractivity contribution in [1.29, 1.82) is 0 Å². The molecular formula is C12H12F2N2O3. The number of aliphatic hydroxyl groups excluding tert-OH is 1. The average molecular weight is 270 g/mol. The van der Waals surface area contributed by atoms with E-state index in [1.54, 1.807) is 0 Å². The molecule has 1 aromatic carbocycles. The van der Waals surface area contributed by atoms with E-state index in [2.05, 4.69) is 5.32 Å². The Morgan fingerprint density at radius 1 is 1.37 bits per heavy atom. The molecule has 1 aliphatic heterocycles. The lowest BCUT2D eigenvalue weighted by Crippen LogP contribution is -2.57. The average Bonchev–Trinajstić information content (AvgIpc) is 2.34. The third kappa shape index (κ3) is 2.41. The number of anilines is 1. The number of aliphatic hydroxyl groups is 1. The van der Waals surface area contributed by atoms with E-state index < -0.39 is 41.8 Å². The molecule has 1 aromatic rings. The Kier molecular flexibility index (Phi) is 3.48. The molecule has 2 amide bonds. The van der Waals surface area contributed by atoms with Crippen LogP contribution in [0.1, 0.15) is 12.5 Å². The number of amides is 2. The predicted octanol–water partition coefficient (Wildman–Crippen LogP) is 0.308. The Hall–Kier alpha value is -2.02. The number of piperazine rings is 1. The van der Waals surface area contributed by atoms with Crippen LogP contribution >= 0.6 is 0 Å². The summed E-state index contributed by atoms with van der Waals surface area (Å²) in [5.41, 5.74) is -0.355. The molecule has 1 saturated heterocycles. The molecule has 2 rings (SSSR count). The summed E-state index contributed by atoms with van der Waals surface area (Å²) < 4.78 is 27.7. The Labute approximate surface area is 107 Å². The lowest BCUT2D eigenvalue weighted by molar-refractivity contribution is -0.132. The summed E-state index contributed by atoms with van der Waals surface area (Å²) in [5, 5.41) is 10.9. The van der Waals surface area contributed by atoms with Crippen molar-refractivity contribution >= 4 is 17.5 Å². The lowest BCUT2D eigenvalue weighted by Gasteiger charge is -2.33. The van der Waals surface area contributed by atoms with Gasteiger partial charge in [0.15, 0.2) is 0 Å². The molecule has 5 nitrogen and oxygen atoms in total. The molecule has 0 spiro atoms. The van der Waals surface area contributed by atoms with Gasteiger partial charge in [0, 0.05) is 0 Å². The van der Waals surface area contributed by atoms with E-state index in [9.17, 15) is 18.4 Å². The Morgan fingerprint density at radius 2 is 1.95 bits per heavy atom. The molecule has 0 radical (unpaired) electrons. The molecule has 2 N–H and O–H groups in total. The van der Waals surface area contributed by atoms with Gasteiger partial charge in [-0.1, -0.05) is 0 Å². The molecule has 1 heterocycles. The summed E-state index contributed by atoms with van der Waals surface area (Å²) >= 11 is 0. The standard InChI is InChI=1S/C12H12F2N2O3/c1-6-12(19)15-10(18)4-16(6)11-8(13)2-7(5-17)3-9(11)14/h2-3,6,17H,4-5H2,1H3,(H,15,18,19). The van der Waals surface area contributed by atoms with Crippen LogP contribution in [0.4, 0.5) is 14.5 Å². The maximum atomic E-state index is 13.9. The minimum atomic E-state index is -0.918. The van der Waals surface area contributed by atoms with Gasteiger partial charge in [-0.05, 0) is 24.6 Å². The number of hydrogen-bond donors (Lipinski definition) is 2. The third-order valence-corrected chi connectivity index (χ3v) is 2.97. The molecule has 0 bridgehead atoms. The van der Waals surface area contributed by atoms with Crippen LogP contribution < -0.4 is 10.2 Å². The summed E-state index contributed by atoms with van der Waals surface area (Å²) in [5.74, 6) is -3.06. The summed E-state index contributed by atoms with van der Waals surface area (Å²) in [6.45, 7) is 0.642. The zero-order valence-electron chi connectivity index (χ0n) is 10.1. The first-order valence-electron chi connectivity index (χ1n) is 5.63. The largest absolute Gasteiger partial charge is 0.392 e. The summed E-state index contributed by atoms with van der Waals surface area (Å²) in [6.07, 6.45) is 0. The Bertz CT molecular complexity index is 525. The monoisotopic (exact) mass is 270 g/mol. The van der Waals surface area contributed by atoms with Gasteiger partial charge in [-0.15, -0.1) is 0 Å². The van der Waals surface area contributed by atoms with Crippen molar-refractivity contribution < 1.29 is 23.5 Å². The van der Waals surface area contributed by atoms with Gasteiger partial charge in [0.05, 0.1) is 13.2 Å². The van der Waals surface area contributed by atoms with Crippen LogP contribution in [0.5, 0.6) is 0 Å². The molecule has 7 heteroatoms. The number of benzene rings is 1. The van der Waals surface area contributed by atoms with Gasteiger partial charge in [0.2, 0.25) is 11.8 Å². The van der Waals surface area contributed by atoms with E-state index in [1.165, 1.54) is 6.92 Å². The predicted molar refractivity (Wildman–Crippen MR) is 62.2 cm³/mol. The van der Waals surface area contributed by atoms with Crippen molar-refractivity contribution in [2.45, 2.75) is 19.6 Å². The van der Waals surface area contributed by atoms with Gasteiger partial charge in [0.25, 0.3) is 0 Å². The van der Waals surface area contributed by atoms with E-state index in [-0.39, 0.29) is 12.1 Å². The van der Waals surface area contributed by atoms with Crippen molar-refractivity contribution in [3.05, 3.63) is 29.3 Å². The van der Waals surface area contributed by atoms with Crippen LogP contribution in [0.15, 0.2) is 12.1 Å². The van der Waals surface area contributed by atoms with Gasteiger partial charge >= 0.3 is 0 Å². The van der Waals surface area contributed by atoms with E-state index in [0.717, 1.165) is 17.0 Å². The zero-order chi connectivity index (χ0) is 14.2. The Balaban J connectivity index is 2.46. The number of hydrogen-bond acceptors (Lipinski definition) is 4. The summed E-state index contributed by atoms with van der Waals surface area (Å²) in [4.78, 5) is 23.8. The molecule has 1 unspecified atom stereocenters. The van der Waals surface area contributed by atoms with Crippen molar-refractivity contribution in [3.8, 4) is 0 Å². The number of imide groups is 1. The van der Waals surface area contributed by atoms with E-state index in [0.29, 0.717) is 0 Å². The van der Waals surface area contributed by atoms with Crippen LogP contribution in [0.3, 0.4) is 0 Å².